The smallest absolute Gasteiger partial charge is 0.243 e. The lowest BCUT2D eigenvalue weighted by atomic mass is 10.1. The number of hydrogen-bond acceptors (Lipinski definition) is 5. The molecule has 0 aliphatic carbocycles. The predicted molar refractivity (Wildman–Crippen MR) is 118 cm³/mol. The van der Waals surface area contributed by atoms with E-state index in [1.807, 2.05) is 37.3 Å². The molecule has 2 aliphatic heterocycles. The van der Waals surface area contributed by atoms with Crippen LogP contribution in [0, 0.1) is 5.92 Å². The number of nitrogens with one attached hydrogen (secondary N) is 1. The van der Waals surface area contributed by atoms with Crippen LogP contribution in [0.15, 0.2) is 48.5 Å². The Morgan fingerprint density at radius 2 is 1.84 bits per heavy atom. The molecule has 0 radical (unpaired) electrons. The van der Waals surface area contributed by atoms with Gasteiger partial charge in [-0.15, -0.1) is 0 Å². The van der Waals surface area contributed by atoms with Crippen LogP contribution >= 0.6 is 0 Å². The molecule has 168 valence electrons. The van der Waals surface area contributed by atoms with Crippen molar-refractivity contribution in [2.24, 2.45) is 5.92 Å². The minimum absolute atomic E-state index is 0.0380. The first-order chi connectivity index (χ1) is 15.5. The van der Waals surface area contributed by atoms with E-state index in [0.717, 1.165) is 5.56 Å². The molecule has 1 fully saturated rings. The van der Waals surface area contributed by atoms with Crippen LogP contribution < -0.4 is 14.8 Å². The number of likely N-dealkylation sites (N-methyl/N-ethyl adjacent to an activating group) is 1. The van der Waals surface area contributed by atoms with E-state index in [9.17, 15) is 14.4 Å². The summed E-state index contributed by atoms with van der Waals surface area (Å²) in [6.45, 7) is 3.95. The van der Waals surface area contributed by atoms with Gasteiger partial charge in [0, 0.05) is 37.8 Å². The molecule has 0 bridgehead atoms. The maximum absolute atomic E-state index is 13.0. The molecule has 1 N–H and O–H groups in total. The van der Waals surface area contributed by atoms with Crippen molar-refractivity contribution in [3.05, 3.63) is 54.1 Å². The third kappa shape index (κ3) is 5.01. The number of carbonyl (C=O) groups is 3. The second-order valence-corrected chi connectivity index (χ2v) is 7.92. The number of fused-ring (bicyclic) bond motifs is 1. The summed E-state index contributed by atoms with van der Waals surface area (Å²) in [5.74, 6) is 0.277. The summed E-state index contributed by atoms with van der Waals surface area (Å²) in [6, 6.07) is 14.9. The summed E-state index contributed by atoms with van der Waals surface area (Å²) < 4.78 is 11.0. The summed E-state index contributed by atoms with van der Waals surface area (Å²) in [7, 11) is 0. The second-order valence-electron chi connectivity index (χ2n) is 7.92. The van der Waals surface area contributed by atoms with E-state index < -0.39 is 5.92 Å². The van der Waals surface area contributed by atoms with Crippen molar-refractivity contribution in [3.63, 3.8) is 0 Å². The molecule has 2 heterocycles. The number of benzene rings is 2. The van der Waals surface area contributed by atoms with Gasteiger partial charge in [0.25, 0.3) is 0 Å². The zero-order valence-electron chi connectivity index (χ0n) is 18.1. The number of anilines is 1. The van der Waals surface area contributed by atoms with Gasteiger partial charge in [0.15, 0.2) is 11.5 Å². The first-order valence-corrected chi connectivity index (χ1v) is 10.8. The summed E-state index contributed by atoms with van der Waals surface area (Å²) in [5.41, 5.74) is 1.60. The molecule has 8 nitrogen and oxygen atoms in total. The molecule has 3 amide bonds. The highest BCUT2D eigenvalue weighted by molar-refractivity contribution is 5.96. The molecule has 0 unspecified atom stereocenters. The monoisotopic (exact) mass is 437 g/mol. The highest BCUT2D eigenvalue weighted by atomic mass is 16.6. The molecule has 2 aliphatic rings. The Bertz CT molecular complexity index is 994. The van der Waals surface area contributed by atoms with E-state index >= 15 is 0 Å². The van der Waals surface area contributed by atoms with Crippen LogP contribution in [0.3, 0.4) is 0 Å². The van der Waals surface area contributed by atoms with Gasteiger partial charge < -0.3 is 24.6 Å². The summed E-state index contributed by atoms with van der Waals surface area (Å²) in [5, 5.41) is 2.81. The quantitative estimate of drug-likeness (QED) is 0.718. The number of likely N-dealkylation sites (tertiary alicyclic amines) is 1. The van der Waals surface area contributed by atoms with Crippen molar-refractivity contribution in [1.82, 2.24) is 9.80 Å². The van der Waals surface area contributed by atoms with Crippen LogP contribution in [0.5, 0.6) is 11.5 Å². The Morgan fingerprint density at radius 3 is 2.59 bits per heavy atom. The number of rotatable bonds is 7. The van der Waals surface area contributed by atoms with Crippen LogP contribution in [-0.2, 0) is 20.9 Å². The second kappa shape index (κ2) is 9.72. The lowest BCUT2D eigenvalue weighted by molar-refractivity contribution is -0.138. The lowest BCUT2D eigenvalue weighted by Crippen LogP contribution is -2.42. The maximum atomic E-state index is 13.0. The van der Waals surface area contributed by atoms with Gasteiger partial charge >= 0.3 is 0 Å². The van der Waals surface area contributed by atoms with Gasteiger partial charge in [-0.05, 0) is 24.6 Å². The average Bonchev–Trinajstić information content (AvgIpc) is 3.17. The van der Waals surface area contributed by atoms with Crippen molar-refractivity contribution >= 4 is 23.4 Å². The van der Waals surface area contributed by atoms with E-state index in [1.165, 1.54) is 4.90 Å². The van der Waals surface area contributed by atoms with E-state index in [-0.39, 0.29) is 30.7 Å². The van der Waals surface area contributed by atoms with E-state index in [2.05, 4.69) is 5.32 Å². The Morgan fingerprint density at radius 1 is 1.09 bits per heavy atom. The summed E-state index contributed by atoms with van der Waals surface area (Å²) in [4.78, 5) is 41.3. The number of ether oxygens (including phenoxy) is 2. The van der Waals surface area contributed by atoms with Crippen molar-refractivity contribution in [2.75, 3.05) is 38.2 Å². The molecule has 0 aromatic heterocycles. The SMILES string of the molecule is CCN(CC(=O)Nc1ccc2c(c1)OCCO2)C(=O)[C@@H]1CC(=O)N(Cc2ccccc2)C1. The maximum Gasteiger partial charge on any atom is 0.243 e. The average molecular weight is 437 g/mol. The molecule has 1 saturated heterocycles. The molecule has 1 atom stereocenters. The van der Waals surface area contributed by atoms with Crippen LogP contribution in [0.2, 0.25) is 0 Å². The van der Waals surface area contributed by atoms with Crippen molar-refractivity contribution in [2.45, 2.75) is 19.9 Å². The Labute approximate surface area is 187 Å². The minimum atomic E-state index is -0.437. The molecule has 8 heteroatoms. The third-order valence-corrected chi connectivity index (χ3v) is 5.63. The fourth-order valence-electron chi connectivity index (χ4n) is 3.99. The van der Waals surface area contributed by atoms with Gasteiger partial charge in [0.1, 0.15) is 13.2 Å². The van der Waals surface area contributed by atoms with E-state index in [0.29, 0.717) is 50.0 Å². The molecular weight excluding hydrogens is 410 g/mol. The standard InChI is InChI=1S/C24H27N3O5/c1-2-26(16-22(28)25-19-8-9-20-21(13-19)32-11-10-31-20)24(30)18-12-23(29)27(15-18)14-17-6-4-3-5-7-17/h3-9,13,18H,2,10-12,14-16H2,1H3,(H,25,28)/t18-/m1/s1. The summed E-state index contributed by atoms with van der Waals surface area (Å²) in [6.07, 6.45) is 0.173. The molecule has 0 spiro atoms. The topological polar surface area (TPSA) is 88.2 Å². The largest absolute Gasteiger partial charge is 0.486 e. The fraction of sp³-hybridized carbons (Fsp3) is 0.375. The fourth-order valence-corrected chi connectivity index (χ4v) is 3.99. The molecular formula is C24H27N3O5. The minimum Gasteiger partial charge on any atom is -0.486 e. The van der Waals surface area contributed by atoms with Crippen LogP contribution in [0.25, 0.3) is 0 Å². The van der Waals surface area contributed by atoms with Crippen LogP contribution in [0.4, 0.5) is 5.69 Å². The number of carbonyl (C=O) groups excluding carboxylic acids is 3. The van der Waals surface area contributed by atoms with Gasteiger partial charge in [-0.3, -0.25) is 14.4 Å². The highest BCUT2D eigenvalue weighted by Crippen LogP contribution is 2.32. The number of hydrogen-bond donors (Lipinski definition) is 1. The van der Waals surface area contributed by atoms with Gasteiger partial charge in [-0.1, -0.05) is 30.3 Å². The Balaban J connectivity index is 1.33. The first-order valence-electron chi connectivity index (χ1n) is 10.8. The molecule has 2 aromatic rings. The van der Waals surface area contributed by atoms with Gasteiger partial charge in [0.05, 0.1) is 12.5 Å². The van der Waals surface area contributed by atoms with Gasteiger partial charge in [-0.25, -0.2) is 0 Å². The van der Waals surface area contributed by atoms with Gasteiger partial charge in [0.2, 0.25) is 17.7 Å². The number of amides is 3. The highest BCUT2D eigenvalue weighted by Gasteiger charge is 2.36. The lowest BCUT2D eigenvalue weighted by Gasteiger charge is -2.24. The van der Waals surface area contributed by atoms with E-state index in [1.54, 1.807) is 23.1 Å². The first kappa shape index (κ1) is 21.7. The molecule has 32 heavy (non-hydrogen) atoms. The van der Waals surface area contributed by atoms with E-state index in [4.69, 9.17) is 9.47 Å². The van der Waals surface area contributed by atoms with Crippen molar-refractivity contribution in [1.29, 1.82) is 0 Å². The zero-order chi connectivity index (χ0) is 22.5. The van der Waals surface area contributed by atoms with Crippen molar-refractivity contribution < 1.29 is 23.9 Å². The Hall–Kier alpha value is -3.55. The van der Waals surface area contributed by atoms with Gasteiger partial charge in [-0.2, -0.15) is 0 Å². The van der Waals surface area contributed by atoms with Crippen molar-refractivity contribution in [3.8, 4) is 11.5 Å². The Kier molecular flexibility index (Phi) is 6.58. The zero-order valence-corrected chi connectivity index (χ0v) is 18.1. The molecule has 4 rings (SSSR count). The van der Waals surface area contributed by atoms with Crippen LogP contribution in [0.1, 0.15) is 18.9 Å². The normalized spacial score (nSPS) is 17.2. The molecule has 2 aromatic carbocycles. The predicted octanol–water partition coefficient (Wildman–Crippen LogP) is 2.29. The third-order valence-electron chi connectivity index (χ3n) is 5.63. The molecule has 0 saturated carbocycles. The van der Waals surface area contributed by atoms with Crippen LogP contribution in [-0.4, -0.2) is 60.4 Å². The number of nitrogens with zero attached hydrogens (tertiary/aromatic N) is 2. The summed E-state index contributed by atoms with van der Waals surface area (Å²) >= 11 is 0.